The Morgan fingerprint density at radius 3 is 1.29 bits per heavy atom. The fraction of sp³-hybridized carbons (Fsp3) is 0.500. The first kappa shape index (κ1) is 10.9. The van der Waals surface area contributed by atoms with Crippen LogP contribution in [-0.4, -0.2) is 10.2 Å². The smallest absolute Gasteiger partial charge is 0.200 e. The van der Waals surface area contributed by atoms with Gasteiger partial charge in [0, 0.05) is 13.8 Å². The third-order valence-corrected chi connectivity index (χ3v) is 1.56. The van der Waals surface area contributed by atoms with E-state index in [0.29, 0.717) is 13.8 Å². The Morgan fingerprint density at radius 1 is 0.857 bits per heavy atom. The van der Waals surface area contributed by atoms with Crippen LogP contribution in [0.15, 0.2) is 12.1 Å². The van der Waals surface area contributed by atoms with Gasteiger partial charge in [-0.15, -0.1) is 10.2 Å². The Kier molecular flexibility index (Phi) is 2.47. The molecule has 0 spiro atoms. The van der Waals surface area contributed by atoms with Crippen LogP contribution < -0.4 is 0 Å². The van der Waals surface area contributed by atoms with Crippen molar-refractivity contribution >= 4 is 0 Å². The van der Waals surface area contributed by atoms with Crippen LogP contribution in [0.1, 0.15) is 25.2 Å². The van der Waals surface area contributed by atoms with Crippen molar-refractivity contribution in [2.45, 2.75) is 25.7 Å². The standard InChI is InChI=1S/C8H8F4N2/c1-7(9,10)5-3-4-6(14-13-5)8(2,11)12/h3-4H,1-2H3. The minimum Gasteiger partial charge on any atom is -0.200 e. The van der Waals surface area contributed by atoms with Gasteiger partial charge in [-0.25, -0.2) is 0 Å². The average molecular weight is 208 g/mol. The van der Waals surface area contributed by atoms with E-state index in [1.165, 1.54) is 0 Å². The number of nitrogens with zero attached hydrogens (tertiary/aromatic N) is 2. The molecule has 2 nitrogen and oxygen atoms in total. The maximum Gasteiger partial charge on any atom is 0.288 e. The SMILES string of the molecule is CC(F)(F)c1ccc(C(C)(F)F)nn1. The van der Waals surface area contributed by atoms with E-state index in [2.05, 4.69) is 10.2 Å². The van der Waals surface area contributed by atoms with Gasteiger partial charge in [0.25, 0.3) is 11.8 Å². The molecule has 0 saturated heterocycles. The van der Waals surface area contributed by atoms with E-state index in [1.54, 1.807) is 0 Å². The fourth-order valence-corrected chi connectivity index (χ4v) is 0.801. The zero-order chi connectivity index (χ0) is 11.0. The highest BCUT2D eigenvalue weighted by Crippen LogP contribution is 2.28. The number of rotatable bonds is 2. The van der Waals surface area contributed by atoms with Crippen LogP contribution in [0, 0.1) is 0 Å². The maximum atomic E-state index is 12.6. The molecule has 0 bridgehead atoms. The molecule has 0 atom stereocenters. The lowest BCUT2D eigenvalue weighted by atomic mass is 10.2. The van der Waals surface area contributed by atoms with E-state index < -0.39 is 23.2 Å². The number of aromatic nitrogens is 2. The first-order valence-corrected chi connectivity index (χ1v) is 3.81. The molecular formula is C8H8F4N2. The molecule has 0 radical (unpaired) electrons. The normalized spacial score (nSPS) is 13.0. The van der Waals surface area contributed by atoms with Crippen LogP contribution in [0.5, 0.6) is 0 Å². The molecule has 0 fully saturated rings. The molecule has 0 aliphatic heterocycles. The Hall–Kier alpha value is -1.20. The Labute approximate surface area is 78.0 Å². The summed E-state index contributed by atoms with van der Waals surface area (Å²) >= 11 is 0. The van der Waals surface area contributed by atoms with Crippen molar-refractivity contribution in [3.8, 4) is 0 Å². The average Bonchev–Trinajstić information content (AvgIpc) is 2.01. The summed E-state index contributed by atoms with van der Waals surface area (Å²) in [4.78, 5) is 0. The second-order valence-electron chi connectivity index (χ2n) is 3.08. The van der Waals surface area contributed by atoms with Gasteiger partial charge in [0.05, 0.1) is 0 Å². The van der Waals surface area contributed by atoms with Crippen LogP contribution in [-0.2, 0) is 11.8 Å². The van der Waals surface area contributed by atoms with E-state index in [4.69, 9.17) is 0 Å². The van der Waals surface area contributed by atoms with Crippen molar-refractivity contribution in [3.05, 3.63) is 23.5 Å². The fourth-order valence-electron chi connectivity index (χ4n) is 0.801. The lowest BCUT2D eigenvalue weighted by Gasteiger charge is -2.11. The lowest BCUT2D eigenvalue weighted by Crippen LogP contribution is -2.15. The highest BCUT2D eigenvalue weighted by molar-refractivity contribution is 5.13. The summed E-state index contributed by atoms with van der Waals surface area (Å²) in [5.41, 5.74) is -1.24. The van der Waals surface area contributed by atoms with E-state index in [1.807, 2.05) is 0 Å². The molecule has 0 unspecified atom stereocenters. The summed E-state index contributed by atoms with van der Waals surface area (Å²) in [6.45, 7) is 1.25. The summed E-state index contributed by atoms with van der Waals surface area (Å²) < 4.78 is 50.4. The molecule has 1 aromatic rings. The number of halogens is 4. The molecule has 0 aliphatic rings. The predicted molar refractivity (Wildman–Crippen MR) is 41.2 cm³/mol. The van der Waals surface area contributed by atoms with Crippen molar-refractivity contribution in [3.63, 3.8) is 0 Å². The molecule has 1 heterocycles. The summed E-state index contributed by atoms with van der Waals surface area (Å²) in [6, 6.07) is 1.69. The summed E-state index contributed by atoms with van der Waals surface area (Å²) in [6.07, 6.45) is 0. The molecule has 0 saturated carbocycles. The summed E-state index contributed by atoms with van der Waals surface area (Å²) in [7, 11) is 0. The molecule has 78 valence electrons. The molecule has 0 amide bonds. The van der Waals surface area contributed by atoms with Gasteiger partial charge in [0.2, 0.25) is 0 Å². The molecule has 6 heteroatoms. The van der Waals surface area contributed by atoms with Gasteiger partial charge in [-0.1, -0.05) is 0 Å². The molecule has 14 heavy (non-hydrogen) atoms. The van der Waals surface area contributed by atoms with Crippen molar-refractivity contribution in [1.82, 2.24) is 10.2 Å². The van der Waals surface area contributed by atoms with Crippen LogP contribution in [0.3, 0.4) is 0 Å². The maximum absolute atomic E-state index is 12.6. The van der Waals surface area contributed by atoms with E-state index in [0.717, 1.165) is 12.1 Å². The number of hydrogen-bond acceptors (Lipinski definition) is 2. The quantitative estimate of drug-likeness (QED) is 0.698. The van der Waals surface area contributed by atoms with Crippen LogP contribution >= 0.6 is 0 Å². The largest absolute Gasteiger partial charge is 0.288 e. The van der Waals surface area contributed by atoms with Crippen molar-refractivity contribution < 1.29 is 17.6 Å². The Balaban J connectivity index is 3.02. The van der Waals surface area contributed by atoms with Crippen molar-refractivity contribution in [1.29, 1.82) is 0 Å². The topological polar surface area (TPSA) is 25.8 Å². The number of hydrogen-bond donors (Lipinski definition) is 0. The second kappa shape index (κ2) is 3.18. The minimum absolute atomic E-state index is 0.620. The van der Waals surface area contributed by atoms with Crippen LogP contribution in [0.4, 0.5) is 17.6 Å². The van der Waals surface area contributed by atoms with Crippen LogP contribution in [0.25, 0.3) is 0 Å². The summed E-state index contributed by atoms with van der Waals surface area (Å²) in [5.74, 6) is -6.32. The number of alkyl halides is 4. The van der Waals surface area contributed by atoms with Gasteiger partial charge in [-0.2, -0.15) is 17.6 Å². The first-order chi connectivity index (χ1) is 6.21. The van der Waals surface area contributed by atoms with E-state index in [9.17, 15) is 17.6 Å². The second-order valence-corrected chi connectivity index (χ2v) is 3.08. The lowest BCUT2D eigenvalue weighted by molar-refractivity contribution is 0.00408. The van der Waals surface area contributed by atoms with Crippen molar-refractivity contribution in [2.24, 2.45) is 0 Å². The Morgan fingerprint density at radius 2 is 1.14 bits per heavy atom. The first-order valence-electron chi connectivity index (χ1n) is 3.81. The van der Waals surface area contributed by atoms with Gasteiger partial charge < -0.3 is 0 Å². The minimum atomic E-state index is -3.16. The third kappa shape index (κ3) is 2.40. The predicted octanol–water partition coefficient (Wildman–Crippen LogP) is 2.70. The Bertz CT molecular complexity index is 277. The molecule has 0 N–H and O–H groups in total. The highest BCUT2D eigenvalue weighted by atomic mass is 19.3. The summed E-state index contributed by atoms with van der Waals surface area (Å²) in [5, 5.41) is 6.07. The zero-order valence-corrected chi connectivity index (χ0v) is 7.56. The van der Waals surface area contributed by atoms with Crippen molar-refractivity contribution in [2.75, 3.05) is 0 Å². The molecular weight excluding hydrogens is 200 g/mol. The highest BCUT2D eigenvalue weighted by Gasteiger charge is 2.30. The van der Waals surface area contributed by atoms with Gasteiger partial charge in [-0.05, 0) is 12.1 Å². The van der Waals surface area contributed by atoms with Gasteiger partial charge in [0.1, 0.15) is 11.4 Å². The van der Waals surface area contributed by atoms with Crippen LogP contribution in [0.2, 0.25) is 0 Å². The monoisotopic (exact) mass is 208 g/mol. The molecule has 1 aromatic heterocycles. The third-order valence-electron chi connectivity index (χ3n) is 1.56. The molecule has 0 aliphatic carbocycles. The van der Waals surface area contributed by atoms with E-state index >= 15 is 0 Å². The van der Waals surface area contributed by atoms with Gasteiger partial charge in [-0.3, -0.25) is 0 Å². The van der Waals surface area contributed by atoms with Gasteiger partial charge in [0.15, 0.2) is 0 Å². The molecule has 1 rings (SSSR count). The van der Waals surface area contributed by atoms with E-state index in [-0.39, 0.29) is 0 Å². The van der Waals surface area contributed by atoms with Gasteiger partial charge >= 0.3 is 0 Å². The zero-order valence-electron chi connectivity index (χ0n) is 7.56. The molecule has 0 aromatic carbocycles.